The van der Waals surface area contributed by atoms with Crippen molar-refractivity contribution in [3.8, 4) is 6.07 Å². The summed E-state index contributed by atoms with van der Waals surface area (Å²) in [6.07, 6.45) is 9.97. The monoisotopic (exact) mass is 329 g/mol. The van der Waals surface area contributed by atoms with Crippen LogP contribution < -0.4 is 0 Å². The third-order valence-electron chi connectivity index (χ3n) is 4.68. The molecule has 1 saturated heterocycles. The number of thioether (sulfide) groups is 1. The first-order valence-corrected chi connectivity index (χ1v) is 9.75. The highest BCUT2D eigenvalue weighted by Gasteiger charge is 2.29. The van der Waals surface area contributed by atoms with Crippen molar-refractivity contribution < 1.29 is 4.79 Å². The van der Waals surface area contributed by atoms with E-state index in [0.29, 0.717) is 22.1 Å². The van der Waals surface area contributed by atoms with Gasteiger partial charge >= 0.3 is 0 Å². The van der Waals surface area contributed by atoms with Crippen molar-refractivity contribution in [1.29, 1.82) is 5.26 Å². The molecule has 0 unspecified atom stereocenters. The number of hydrogen-bond acceptors (Lipinski definition) is 4. The van der Waals surface area contributed by atoms with Crippen LogP contribution in [0.3, 0.4) is 0 Å². The molecule has 1 amide bonds. The first-order chi connectivity index (χ1) is 11.2. The number of aromatic nitrogens is 1. The van der Waals surface area contributed by atoms with Gasteiger partial charge in [-0.2, -0.15) is 5.26 Å². The van der Waals surface area contributed by atoms with E-state index >= 15 is 0 Å². The first-order valence-electron chi connectivity index (χ1n) is 8.53. The largest absolute Gasteiger partial charge is 0.339 e. The maximum atomic E-state index is 13.0. The summed E-state index contributed by atoms with van der Waals surface area (Å²) in [6, 6.07) is 4.10. The molecule has 1 aliphatic carbocycles. The predicted octanol–water partition coefficient (Wildman–Crippen LogP) is 3.96. The second-order valence-electron chi connectivity index (χ2n) is 6.43. The molecular formula is C18H23N3OS. The Kier molecular flexibility index (Phi) is 5.22. The molecule has 23 heavy (non-hydrogen) atoms. The molecule has 2 fully saturated rings. The molecule has 5 heteroatoms. The first kappa shape index (κ1) is 16.3. The van der Waals surface area contributed by atoms with Crippen molar-refractivity contribution >= 4 is 17.7 Å². The summed E-state index contributed by atoms with van der Waals surface area (Å²) in [4.78, 5) is 19.6. The molecule has 122 valence electrons. The number of nitrogens with zero attached hydrogens (tertiary/aromatic N) is 3. The minimum Gasteiger partial charge on any atom is -0.339 e. The summed E-state index contributed by atoms with van der Waals surface area (Å²) in [5, 5.41) is 10.3. The van der Waals surface area contributed by atoms with Crippen LogP contribution in [0.25, 0.3) is 0 Å². The lowest BCUT2D eigenvalue weighted by molar-refractivity contribution is 0.0741. The van der Waals surface area contributed by atoms with Gasteiger partial charge in [0.2, 0.25) is 0 Å². The summed E-state index contributed by atoms with van der Waals surface area (Å²) in [6.45, 7) is 1.61. The lowest BCUT2D eigenvalue weighted by Gasteiger charge is -2.25. The Morgan fingerprint density at radius 3 is 2.48 bits per heavy atom. The van der Waals surface area contributed by atoms with E-state index in [1.54, 1.807) is 0 Å². The number of nitriles is 1. The highest BCUT2D eigenvalue weighted by molar-refractivity contribution is 7.98. The lowest BCUT2D eigenvalue weighted by atomic mass is 10.0. The fourth-order valence-corrected chi connectivity index (χ4v) is 3.73. The van der Waals surface area contributed by atoms with Crippen LogP contribution in [0.15, 0.2) is 11.1 Å². The van der Waals surface area contributed by atoms with E-state index in [0.717, 1.165) is 44.5 Å². The fraction of sp³-hybridized carbons (Fsp3) is 0.611. The average molecular weight is 329 g/mol. The van der Waals surface area contributed by atoms with Gasteiger partial charge in [-0.25, -0.2) is 4.98 Å². The Morgan fingerprint density at radius 2 is 1.91 bits per heavy atom. The standard InChI is InChI=1S/C18H23N3OS/c1-23-17-15(12-19)14(11-16(20-17)13-7-8-13)18(22)21-9-5-3-2-4-6-10-21/h11,13H,2-10H2,1H3. The molecule has 0 spiro atoms. The van der Waals surface area contributed by atoms with Gasteiger partial charge in [-0.05, 0) is 38.0 Å². The topological polar surface area (TPSA) is 57.0 Å². The lowest BCUT2D eigenvalue weighted by Crippen LogP contribution is -2.34. The number of hydrogen-bond donors (Lipinski definition) is 0. The summed E-state index contributed by atoms with van der Waals surface area (Å²) in [5.74, 6) is 0.496. The van der Waals surface area contributed by atoms with Gasteiger partial charge in [0, 0.05) is 24.7 Å². The molecule has 0 N–H and O–H groups in total. The highest BCUT2D eigenvalue weighted by Crippen LogP contribution is 2.40. The normalized spacial score (nSPS) is 18.9. The summed E-state index contributed by atoms with van der Waals surface area (Å²) >= 11 is 1.46. The van der Waals surface area contributed by atoms with E-state index in [9.17, 15) is 10.1 Å². The molecule has 2 aliphatic rings. The average Bonchev–Trinajstić information content (AvgIpc) is 3.37. The summed E-state index contributed by atoms with van der Waals surface area (Å²) in [7, 11) is 0. The molecule has 2 heterocycles. The molecule has 3 rings (SSSR count). The van der Waals surface area contributed by atoms with Gasteiger partial charge < -0.3 is 4.90 Å². The van der Waals surface area contributed by atoms with Crippen molar-refractivity contribution in [3.05, 3.63) is 22.9 Å². The van der Waals surface area contributed by atoms with Gasteiger partial charge in [0.1, 0.15) is 11.1 Å². The minimum absolute atomic E-state index is 0.0167. The van der Waals surface area contributed by atoms with Crippen LogP contribution in [-0.2, 0) is 0 Å². The van der Waals surface area contributed by atoms with Crippen LogP contribution in [-0.4, -0.2) is 35.1 Å². The quantitative estimate of drug-likeness (QED) is 0.788. The van der Waals surface area contributed by atoms with Crippen molar-refractivity contribution in [2.24, 2.45) is 0 Å². The number of carbonyl (C=O) groups excluding carboxylic acids is 1. The zero-order chi connectivity index (χ0) is 16.2. The molecule has 0 aromatic carbocycles. The molecule has 1 aliphatic heterocycles. The third-order valence-corrected chi connectivity index (χ3v) is 5.36. The summed E-state index contributed by atoms with van der Waals surface area (Å²) < 4.78 is 0. The Labute approximate surface area is 142 Å². The maximum absolute atomic E-state index is 13.0. The number of amides is 1. The van der Waals surface area contributed by atoms with E-state index in [1.807, 2.05) is 17.2 Å². The minimum atomic E-state index is 0.0167. The number of carbonyl (C=O) groups is 1. The smallest absolute Gasteiger partial charge is 0.255 e. The molecule has 0 bridgehead atoms. The molecule has 1 saturated carbocycles. The van der Waals surface area contributed by atoms with Gasteiger partial charge in [-0.3, -0.25) is 4.79 Å². The zero-order valence-corrected chi connectivity index (χ0v) is 14.5. The van der Waals surface area contributed by atoms with Gasteiger partial charge in [0.15, 0.2) is 0 Å². The van der Waals surface area contributed by atoms with Gasteiger partial charge in [-0.15, -0.1) is 11.8 Å². The van der Waals surface area contributed by atoms with Crippen LogP contribution >= 0.6 is 11.8 Å². The molecule has 1 aromatic heterocycles. The van der Waals surface area contributed by atoms with Crippen LogP contribution in [0.1, 0.15) is 72.5 Å². The van der Waals surface area contributed by atoms with E-state index in [4.69, 9.17) is 0 Å². The van der Waals surface area contributed by atoms with Gasteiger partial charge in [0.05, 0.1) is 11.1 Å². The van der Waals surface area contributed by atoms with E-state index < -0.39 is 0 Å². The van der Waals surface area contributed by atoms with Crippen LogP contribution in [0.2, 0.25) is 0 Å². The molecule has 0 atom stereocenters. The van der Waals surface area contributed by atoms with Crippen molar-refractivity contribution in [3.63, 3.8) is 0 Å². The second-order valence-corrected chi connectivity index (χ2v) is 7.22. The number of pyridine rings is 1. The molecular weight excluding hydrogens is 306 g/mol. The number of likely N-dealkylation sites (tertiary alicyclic amines) is 1. The van der Waals surface area contributed by atoms with Crippen molar-refractivity contribution in [1.82, 2.24) is 9.88 Å². The summed E-state index contributed by atoms with van der Waals surface area (Å²) in [5.41, 5.74) is 2.01. The third kappa shape index (κ3) is 3.69. The predicted molar refractivity (Wildman–Crippen MR) is 91.7 cm³/mol. The van der Waals surface area contributed by atoms with Crippen molar-refractivity contribution in [2.75, 3.05) is 19.3 Å². The fourth-order valence-electron chi connectivity index (χ4n) is 3.17. The van der Waals surface area contributed by atoms with E-state index in [2.05, 4.69) is 11.1 Å². The van der Waals surface area contributed by atoms with E-state index in [1.165, 1.54) is 31.0 Å². The van der Waals surface area contributed by atoms with Gasteiger partial charge in [0.25, 0.3) is 5.91 Å². The Bertz CT molecular complexity index is 626. The highest BCUT2D eigenvalue weighted by atomic mass is 32.2. The second kappa shape index (κ2) is 7.35. The Balaban J connectivity index is 1.94. The maximum Gasteiger partial charge on any atom is 0.255 e. The van der Waals surface area contributed by atoms with E-state index in [-0.39, 0.29) is 5.91 Å². The van der Waals surface area contributed by atoms with Gasteiger partial charge in [-0.1, -0.05) is 19.3 Å². The number of rotatable bonds is 3. The van der Waals surface area contributed by atoms with Crippen molar-refractivity contribution in [2.45, 2.75) is 55.9 Å². The molecule has 4 nitrogen and oxygen atoms in total. The Morgan fingerprint density at radius 1 is 1.26 bits per heavy atom. The van der Waals surface area contributed by atoms with Crippen LogP contribution in [0, 0.1) is 11.3 Å². The molecule has 0 radical (unpaired) electrons. The molecule has 1 aromatic rings. The van der Waals surface area contributed by atoms with Crippen LogP contribution in [0.5, 0.6) is 0 Å². The Hall–Kier alpha value is -1.54. The van der Waals surface area contributed by atoms with Crippen LogP contribution in [0.4, 0.5) is 0 Å². The zero-order valence-electron chi connectivity index (χ0n) is 13.7. The SMILES string of the molecule is CSc1nc(C2CC2)cc(C(=O)N2CCCCCCC2)c1C#N.